The number of benzene rings is 4. The van der Waals surface area contributed by atoms with Crippen LogP contribution in [0.5, 0.6) is 0 Å². The molecule has 6 rings (SSSR count). The molecule has 0 aliphatic heterocycles. The molecule has 2 aromatic heterocycles. The molecule has 0 amide bonds. The molecule has 4 aromatic carbocycles. The van der Waals surface area contributed by atoms with Crippen LogP contribution in [0.2, 0.25) is 0 Å². The van der Waals surface area contributed by atoms with Crippen molar-refractivity contribution in [1.82, 2.24) is 9.97 Å². The van der Waals surface area contributed by atoms with Crippen LogP contribution in [0.15, 0.2) is 144 Å². The predicted octanol–water partition coefficient (Wildman–Crippen LogP) is 10.7. The molecule has 0 aliphatic rings. The van der Waals surface area contributed by atoms with Crippen LogP contribution in [-0.4, -0.2) is 21.4 Å². The maximum Gasteiger partial charge on any atom is 0.0965 e. The van der Waals surface area contributed by atoms with E-state index in [1.54, 1.807) is 0 Å². The summed E-state index contributed by atoms with van der Waals surface area (Å²) in [6.45, 7) is 8.90. The lowest BCUT2D eigenvalue weighted by Gasteiger charge is -2.17. The molecule has 244 valence electrons. The lowest BCUT2D eigenvalue weighted by molar-refractivity contribution is 1.03. The average molecular weight is 641 g/mol. The Morgan fingerprint density at radius 3 is 1.10 bits per heavy atom. The molecule has 0 radical (unpaired) electrons. The van der Waals surface area contributed by atoms with Gasteiger partial charge in [0, 0.05) is 23.5 Å². The van der Waals surface area contributed by atoms with Gasteiger partial charge in [-0.1, -0.05) is 125 Å². The van der Waals surface area contributed by atoms with Crippen molar-refractivity contribution in [1.29, 1.82) is 0 Å². The minimum absolute atomic E-state index is 0.853. The van der Waals surface area contributed by atoms with Gasteiger partial charge in [0.25, 0.3) is 0 Å². The van der Waals surface area contributed by atoms with E-state index in [2.05, 4.69) is 110 Å². The number of aromatic nitrogens is 2. The molecular formula is C45H44N4. The van der Waals surface area contributed by atoms with Crippen molar-refractivity contribution < 1.29 is 0 Å². The molecule has 49 heavy (non-hydrogen) atoms. The second-order valence-corrected chi connectivity index (χ2v) is 12.2. The number of aryl methyl sites for hydroxylation is 4. The SMILES string of the molecule is CCc1cc(Cc2cc(CC)c(N=C(c3ccccc3)c3ccccn3)c(CC)c2)cc(CC)c1N=C(c1ccccc1)c1ccccn1. The largest absolute Gasteiger partial charge is 0.255 e. The molecule has 0 unspecified atom stereocenters. The zero-order valence-electron chi connectivity index (χ0n) is 29.0. The van der Waals surface area contributed by atoms with Crippen molar-refractivity contribution in [2.24, 2.45) is 9.98 Å². The van der Waals surface area contributed by atoms with Gasteiger partial charge < -0.3 is 0 Å². The molecule has 0 saturated carbocycles. The monoisotopic (exact) mass is 640 g/mol. The highest BCUT2D eigenvalue weighted by molar-refractivity contribution is 6.13. The average Bonchev–Trinajstić information content (AvgIpc) is 3.17. The number of nitrogens with zero attached hydrogens (tertiary/aromatic N) is 4. The third kappa shape index (κ3) is 7.81. The van der Waals surface area contributed by atoms with Crippen LogP contribution >= 0.6 is 0 Å². The molecule has 4 heteroatoms. The fraction of sp³-hybridized carbons (Fsp3) is 0.200. The third-order valence-corrected chi connectivity index (χ3v) is 8.94. The second kappa shape index (κ2) is 16.1. The highest BCUT2D eigenvalue weighted by Crippen LogP contribution is 2.33. The summed E-state index contributed by atoms with van der Waals surface area (Å²) in [5.74, 6) is 0. The van der Waals surface area contributed by atoms with E-state index in [1.165, 1.54) is 33.4 Å². The van der Waals surface area contributed by atoms with Gasteiger partial charge in [0.1, 0.15) is 0 Å². The molecule has 6 aromatic rings. The lowest BCUT2D eigenvalue weighted by atomic mass is 9.92. The normalized spacial score (nSPS) is 11.9. The summed E-state index contributed by atoms with van der Waals surface area (Å²) >= 11 is 0. The second-order valence-electron chi connectivity index (χ2n) is 12.2. The zero-order valence-corrected chi connectivity index (χ0v) is 29.0. The van der Waals surface area contributed by atoms with Gasteiger partial charge in [0.2, 0.25) is 0 Å². The Bertz CT molecular complexity index is 1760. The quantitative estimate of drug-likeness (QED) is 0.125. The first-order chi connectivity index (χ1) is 24.1. The van der Waals surface area contributed by atoms with E-state index in [9.17, 15) is 0 Å². The van der Waals surface area contributed by atoms with E-state index in [0.717, 1.165) is 77.4 Å². The molecule has 0 spiro atoms. The molecule has 0 aliphatic carbocycles. The van der Waals surface area contributed by atoms with Crippen LogP contribution in [0, 0.1) is 0 Å². The summed E-state index contributed by atoms with van der Waals surface area (Å²) in [7, 11) is 0. The van der Waals surface area contributed by atoms with E-state index in [1.807, 2.05) is 60.9 Å². The highest BCUT2D eigenvalue weighted by Gasteiger charge is 2.17. The van der Waals surface area contributed by atoms with E-state index in [0.29, 0.717) is 0 Å². The fourth-order valence-electron chi connectivity index (χ4n) is 6.43. The Morgan fingerprint density at radius 1 is 0.449 bits per heavy atom. The van der Waals surface area contributed by atoms with E-state index in [-0.39, 0.29) is 0 Å². The van der Waals surface area contributed by atoms with Gasteiger partial charge in [-0.2, -0.15) is 0 Å². The van der Waals surface area contributed by atoms with Gasteiger partial charge in [0.05, 0.1) is 34.2 Å². The van der Waals surface area contributed by atoms with Gasteiger partial charge in [-0.3, -0.25) is 9.97 Å². The summed E-state index contributed by atoms with van der Waals surface area (Å²) in [5.41, 5.74) is 15.5. The summed E-state index contributed by atoms with van der Waals surface area (Å²) in [6, 6.07) is 42.2. The Balaban J connectivity index is 1.41. The maximum atomic E-state index is 5.37. The Morgan fingerprint density at radius 2 is 0.796 bits per heavy atom. The number of rotatable bonds is 12. The summed E-state index contributed by atoms with van der Waals surface area (Å²) in [6.07, 6.45) is 8.12. The molecule has 0 bridgehead atoms. The van der Waals surface area contributed by atoms with Crippen molar-refractivity contribution in [2.45, 2.75) is 59.8 Å². The van der Waals surface area contributed by atoms with E-state index in [4.69, 9.17) is 9.98 Å². The summed E-state index contributed by atoms with van der Waals surface area (Å²) in [5, 5.41) is 0. The fourth-order valence-corrected chi connectivity index (χ4v) is 6.43. The third-order valence-electron chi connectivity index (χ3n) is 8.94. The predicted molar refractivity (Wildman–Crippen MR) is 205 cm³/mol. The Kier molecular flexibility index (Phi) is 11.0. The van der Waals surface area contributed by atoms with E-state index < -0.39 is 0 Å². The Labute approximate surface area is 291 Å². The molecule has 0 N–H and O–H groups in total. The summed E-state index contributed by atoms with van der Waals surface area (Å²) in [4.78, 5) is 20.1. The van der Waals surface area contributed by atoms with Crippen LogP contribution in [-0.2, 0) is 32.1 Å². The van der Waals surface area contributed by atoms with Crippen molar-refractivity contribution >= 4 is 22.8 Å². The van der Waals surface area contributed by atoms with Crippen LogP contribution in [0.3, 0.4) is 0 Å². The molecule has 0 atom stereocenters. The van der Waals surface area contributed by atoms with Crippen LogP contribution in [0.4, 0.5) is 11.4 Å². The smallest absolute Gasteiger partial charge is 0.0965 e. The maximum absolute atomic E-state index is 5.37. The van der Waals surface area contributed by atoms with Crippen molar-refractivity contribution in [3.8, 4) is 0 Å². The molecule has 2 heterocycles. The number of hydrogen-bond acceptors (Lipinski definition) is 4. The topological polar surface area (TPSA) is 50.5 Å². The summed E-state index contributed by atoms with van der Waals surface area (Å²) < 4.78 is 0. The van der Waals surface area contributed by atoms with Gasteiger partial charge in [-0.15, -0.1) is 0 Å². The van der Waals surface area contributed by atoms with Gasteiger partial charge in [-0.25, -0.2) is 9.98 Å². The van der Waals surface area contributed by atoms with Crippen LogP contribution < -0.4 is 0 Å². The van der Waals surface area contributed by atoms with E-state index >= 15 is 0 Å². The molecule has 4 nitrogen and oxygen atoms in total. The first-order valence-electron chi connectivity index (χ1n) is 17.5. The van der Waals surface area contributed by atoms with Crippen LogP contribution in [0.25, 0.3) is 0 Å². The van der Waals surface area contributed by atoms with Crippen LogP contribution in [0.1, 0.15) is 83.6 Å². The number of hydrogen-bond donors (Lipinski definition) is 0. The van der Waals surface area contributed by atoms with Gasteiger partial charge in [-0.05, 0) is 89.8 Å². The highest BCUT2D eigenvalue weighted by atomic mass is 14.8. The van der Waals surface area contributed by atoms with Crippen molar-refractivity contribution in [2.75, 3.05) is 0 Å². The van der Waals surface area contributed by atoms with Gasteiger partial charge >= 0.3 is 0 Å². The van der Waals surface area contributed by atoms with Gasteiger partial charge in [0.15, 0.2) is 0 Å². The molecule has 0 saturated heterocycles. The molecular weight excluding hydrogens is 597 g/mol. The minimum atomic E-state index is 0.853. The first-order valence-corrected chi connectivity index (χ1v) is 17.5. The number of aliphatic imine (C=N–C) groups is 2. The van der Waals surface area contributed by atoms with Crippen molar-refractivity contribution in [3.05, 3.63) is 190 Å². The minimum Gasteiger partial charge on any atom is -0.255 e. The molecule has 0 fully saturated rings. The number of pyridine rings is 2. The lowest BCUT2D eigenvalue weighted by Crippen LogP contribution is -2.07. The first kappa shape index (κ1) is 33.4. The Hall–Kier alpha value is -5.48. The van der Waals surface area contributed by atoms with Crippen molar-refractivity contribution in [3.63, 3.8) is 0 Å². The zero-order chi connectivity index (χ0) is 34.0. The standard InChI is InChI=1S/C45H44N4/c1-5-34-28-32(29-35(6-2)42(34)48-44(38-19-11-9-12-20-38)40-23-15-17-25-46-40)27-33-30-36(7-3)43(37(8-4)31-33)49-45(39-21-13-10-14-22-39)41-24-16-18-26-47-41/h9-26,28-31H,5-8,27H2,1-4H3.